The smallest absolute Gasteiger partial charge is 0.407 e. The molecule has 4 nitrogen and oxygen atoms in total. The van der Waals surface area contributed by atoms with Crippen molar-refractivity contribution in [3.63, 3.8) is 0 Å². The van der Waals surface area contributed by atoms with Crippen molar-refractivity contribution in [1.29, 1.82) is 0 Å². The van der Waals surface area contributed by atoms with E-state index in [2.05, 4.69) is 34.9 Å². The summed E-state index contributed by atoms with van der Waals surface area (Å²) >= 11 is 0. The van der Waals surface area contributed by atoms with E-state index in [1.54, 1.807) is 0 Å². The van der Waals surface area contributed by atoms with Gasteiger partial charge in [0.2, 0.25) is 0 Å². The lowest BCUT2D eigenvalue weighted by Gasteiger charge is -2.19. The molecule has 0 spiro atoms. The lowest BCUT2D eigenvalue weighted by molar-refractivity contribution is 0.0527. The maximum absolute atomic E-state index is 11.4. The van der Waals surface area contributed by atoms with Gasteiger partial charge in [0.25, 0.3) is 0 Å². The van der Waals surface area contributed by atoms with Crippen LogP contribution in [0.1, 0.15) is 32.8 Å². The van der Waals surface area contributed by atoms with E-state index in [0.717, 1.165) is 25.9 Å². The van der Waals surface area contributed by atoms with Gasteiger partial charge in [-0.05, 0) is 52.3 Å². The zero-order valence-corrected chi connectivity index (χ0v) is 12.7. The molecule has 0 unspecified atom stereocenters. The van der Waals surface area contributed by atoms with Crippen molar-refractivity contribution >= 4 is 6.09 Å². The molecule has 0 aromatic heterocycles. The summed E-state index contributed by atoms with van der Waals surface area (Å²) in [5.74, 6) is 0. The Kier molecular flexibility index (Phi) is 7.09. The zero-order valence-electron chi connectivity index (χ0n) is 12.7. The molecule has 1 aromatic rings. The normalized spacial score (nSPS) is 11.2. The summed E-state index contributed by atoms with van der Waals surface area (Å²) in [7, 11) is 0. The van der Waals surface area contributed by atoms with Crippen molar-refractivity contribution in [3.8, 4) is 0 Å². The Hall–Kier alpha value is -1.55. The van der Waals surface area contributed by atoms with E-state index in [9.17, 15) is 4.79 Å². The topological polar surface area (TPSA) is 50.4 Å². The third kappa shape index (κ3) is 8.53. The van der Waals surface area contributed by atoms with Crippen LogP contribution >= 0.6 is 0 Å². The molecule has 0 heterocycles. The number of hydrogen-bond acceptors (Lipinski definition) is 3. The highest BCUT2D eigenvalue weighted by Crippen LogP contribution is 2.06. The van der Waals surface area contributed by atoms with E-state index in [4.69, 9.17) is 4.74 Å². The van der Waals surface area contributed by atoms with E-state index in [1.807, 2.05) is 26.8 Å². The molecule has 0 radical (unpaired) electrons. The molecule has 0 aliphatic heterocycles. The number of carbonyl (C=O) groups excluding carboxylic acids is 1. The number of ether oxygens (including phenoxy) is 1. The minimum absolute atomic E-state index is 0.346. The first-order valence-corrected chi connectivity index (χ1v) is 7.19. The minimum atomic E-state index is -0.433. The predicted octanol–water partition coefficient (Wildman–Crippen LogP) is 2.73. The fraction of sp³-hybridized carbons (Fsp3) is 0.562. The second kappa shape index (κ2) is 8.59. The van der Waals surface area contributed by atoms with Crippen LogP contribution in [0, 0.1) is 0 Å². The first-order valence-electron chi connectivity index (χ1n) is 7.19. The second-order valence-corrected chi connectivity index (χ2v) is 5.77. The van der Waals surface area contributed by atoms with Crippen molar-refractivity contribution < 1.29 is 9.53 Å². The lowest BCUT2D eigenvalue weighted by atomic mass is 10.1. The van der Waals surface area contributed by atoms with Crippen LogP contribution < -0.4 is 10.6 Å². The summed E-state index contributed by atoms with van der Waals surface area (Å²) in [6.45, 7) is 8.06. The SMILES string of the molecule is CC(C)(C)OC(=O)NCCCNCCc1ccccc1. The van der Waals surface area contributed by atoms with Gasteiger partial charge in [-0.25, -0.2) is 4.79 Å². The maximum atomic E-state index is 11.4. The summed E-state index contributed by atoms with van der Waals surface area (Å²) in [6, 6.07) is 10.4. The largest absolute Gasteiger partial charge is 0.444 e. The number of hydrogen-bond donors (Lipinski definition) is 2. The third-order valence-electron chi connectivity index (χ3n) is 2.63. The Bertz CT molecular complexity index is 385. The van der Waals surface area contributed by atoms with Gasteiger partial charge in [0.1, 0.15) is 5.60 Å². The molecule has 0 saturated heterocycles. The monoisotopic (exact) mass is 278 g/mol. The maximum Gasteiger partial charge on any atom is 0.407 e. The van der Waals surface area contributed by atoms with Gasteiger partial charge < -0.3 is 15.4 Å². The molecule has 1 rings (SSSR count). The first-order chi connectivity index (χ1) is 9.47. The highest BCUT2D eigenvalue weighted by Gasteiger charge is 2.15. The Balaban J connectivity index is 1.96. The molecule has 2 N–H and O–H groups in total. The number of alkyl carbamates (subject to hydrolysis) is 1. The Morgan fingerprint density at radius 2 is 1.80 bits per heavy atom. The van der Waals surface area contributed by atoms with Gasteiger partial charge in [-0.1, -0.05) is 30.3 Å². The van der Waals surface area contributed by atoms with Crippen molar-refractivity contribution in [1.82, 2.24) is 10.6 Å². The fourth-order valence-corrected chi connectivity index (χ4v) is 1.72. The van der Waals surface area contributed by atoms with E-state index >= 15 is 0 Å². The molecule has 1 aromatic carbocycles. The molecule has 1 amide bonds. The average Bonchev–Trinajstić information content (AvgIpc) is 2.37. The van der Waals surface area contributed by atoms with Gasteiger partial charge in [-0.3, -0.25) is 0 Å². The summed E-state index contributed by atoms with van der Waals surface area (Å²) < 4.78 is 5.15. The number of benzene rings is 1. The quantitative estimate of drug-likeness (QED) is 0.754. The van der Waals surface area contributed by atoms with Gasteiger partial charge in [-0.2, -0.15) is 0 Å². The van der Waals surface area contributed by atoms with E-state index < -0.39 is 5.60 Å². The average molecular weight is 278 g/mol. The summed E-state index contributed by atoms with van der Waals surface area (Å²) in [4.78, 5) is 11.4. The molecule has 0 aliphatic carbocycles. The van der Waals surface area contributed by atoms with Crippen LogP contribution in [0.25, 0.3) is 0 Å². The molecule has 0 fully saturated rings. The van der Waals surface area contributed by atoms with Crippen LogP contribution in [0.4, 0.5) is 4.79 Å². The summed E-state index contributed by atoms with van der Waals surface area (Å²) in [5, 5.41) is 6.11. The van der Waals surface area contributed by atoms with Crippen LogP contribution in [-0.2, 0) is 11.2 Å². The van der Waals surface area contributed by atoms with Gasteiger partial charge in [0.05, 0.1) is 0 Å². The molecular formula is C16H26N2O2. The van der Waals surface area contributed by atoms with Crippen molar-refractivity contribution in [2.45, 2.75) is 39.2 Å². The zero-order chi connectivity index (χ0) is 14.8. The standard InChI is InChI=1S/C16H26N2O2/c1-16(2,3)20-15(19)18-12-7-11-17-13-10-14-8-5-4-6-9-14/h4-6,8-9,17H,7,10-13H2,1-3H3,(H,18,19). The Morgan fingerprint density at radius 1 is 1.10 bits per heavy atom. The Morgan fingerprint density at radius 3 is 2.45 bits per heavy atom. The molecular weight excluding hydrogens is 252 g/mol. The first kappa shape index (κ1) is 16.5. The van der Waals surface area contributed by atoms with Gasteiger partial charge >= 0.3 is 6.09 Å². The van der Waals surface area contributed by atoms with Crippen LogP contribution in [0.3, 0.4) is 0 Å². The summed E-state index contributed by atoms with van der Waals surface area (Å²) in [6.07, 6.45) is 1.58. The number of carbonyl (C=O) groups is 1. The second-order valence-electron chi connectivity index (χ2n) is 5.77. The minimum Gasteiger partial charge on any atom is -0.444 e. The highest BCUT2D eigenvalue weighted by molar-refractivity contribution is 5.67. The molecule has 0 saturated carbocycles. The molecule has 4 heteroatoms. The number of nitrogens with one attached hydrogen (secondary N) is 2. The van der Waals surface area contributed by atoms with Gasteiger partial charge in [0.15, 0.2) is 0 Å². The Labute approximate surface area is 121 Å². The predicted molar refractivity (Wildman–Crippen MR) is 81.9 cm³/mol. The van der Waals surface area contributed by atoms with Gasteiger partial charge in [0, 0.05) is 6.54 Å². The molecule has 0 aliphatic rings. The van der Waals surface area contributed by atoms with E-state index in [1.165, 1.54) is 5.56 Å². The lowest BCUT2D eigenvalue weighted by Crippen LogP contribution is -2.34. The van der Waals surface area contributed by atoms with Crippen LogP contribution in [0.15, 0.2) is 30.3 Å². The molecule has 112 valence electrons. The van der Waals surface area contributed by atoms with Crippen molar-refractivity contribution in [2.24, 2.45) is 0 Å². The van der Waals surface area contributed by atoms with Gasteiger partial charge in [-0.15, -0.1) is 0 Å². The molecule has 0 bridgehead atoms. The number of rotatable bonds is 7. The van der Waals surface area contributed by atoms with Crippen LogP contribution in [-0.4, -0.2) is 31.3 Å². The van der Waals surface area contributed by atoms with Crippen molar-refractivity contribution in [3.05, 3.63) is 35.9 Å². The van der Waals surface area contributed by atoms with E-state index in [0.29, 0.717) is 6.54 Å². The molecule has 20 heavy (non-hydrogen) atoms. The van der Waals surface area contributed by atoms with Crippen molar-refractivity contribution in [2.75, 3.05) is 19.6 Å². The molecule has 0 atom stereocenters. The van der Waals surface area contributed by atoms with E-state index in [-0.39, 0.29) is 6.09 Å². The third-order valence-corrected chi connectivity index (χ3v) is 2.63. The fourth-order valence-electron chi connectivity index (χ4n) is 1.72. The van der Waals surface area contributed by atoms with Crippen LogP contribution in [0.5, 0.6) is 0 Å². The number of amides is 1. The van der Waals surface area contributed by atoms with Crippen LogP contribution in [0.2, 0.25) is 0 Å². The highest BCUT2D eigenvalue weighted by atomic mass is 16.6. The summed E-state index contributed by atoms with van der Waals surface area (Å²) in [5.41, 5.74) is 0.907.